The van der Waals surface area contributed by atoms with Gasteiger partial charge in [-0.05, 0) is 36.2 Å². The summed E-state index contributed by atoms with van der Waals surface area (Å²) in [5, 5.41) is 8.92. The van der Waals surface area contributed by atoms with Crippen LogP contribution in [-0.2, 0) is 0 Å². The molecule has 0 fully saturated rings. The summed E-state index contributed by atoms with van der Waals surface area (Å²) in [6.07, 6.45) is 4.17. The topological polar surface area (TPSA) is 28.2 Å². The first-order valence-corrected chi connectivity index (χ1v) is 6.34. The van der Waals surface area contributed by atoms with Crippen molar-refractivity contribution in [3.05, 3.63) is 66.5 Å². The smallest absolute Gasteiger partial charge is 0.0700 e. The summed E-state index contributed by atoms with van der Waals surface area (Å²) in [5.41, 5.74) is 4.63. The van der Waals surface area contributed by atoms with E-state index in [9.17, 15) is 0 Å². The van der Waals surface area contributed by atoms with E-state index in [4.69, 9.17) is 5.26 Å². The molecule has 1 unspecified atom stereocenters. The average molecular weight is 246 g/mol. The molecule has 3 aromatic rings. The third-order valence-corrected chi connectivity index (χ3v) is 3.44. The Morgan fingerprint density at radius 3 is 2.53 bits per heavy atom. The first-order chi connectivity index (χ1) is 9.28. The van der Waals surface area contributed by atoms with Crippen LogP contribution in [0, 0.1) is 11.3 Å². The summed E-state index contributed by atoms with van der Waals surface area (Å²) in [6.45, 7) is 1.92. The van der Waals surface area contributed by atoms with Gasteiger partial charge in [0.25, 0.3) is 0 Å². The van der Waals surface area contributed by atoms with Crippen molar-refractivity contribution in [2.75, 3.05) is 0 Å². The maximum Gasteiger partial charge on any atom is 0.0700 e. The van der Waals surface area contributed by atoms with Crippen LogP contribution in [-0.4, -0.2) is 4.40 Å². The van der Waals surface area contributed by atoms with E-state index in [0.29, 0.717) is 0 Å². The monoisotopic (exact) mass is 246 g/mol. The molecule has 1 atom stereocenters. The van der Waals surface area contributed by atoms with Crippen molar-refractivity contribution in [3.63, 3.8) is 0 Å². The molecule has 0 aliphatic heterocycles. The highest BCUT2D eigenvalue weighted by molar-refractivity contribution is 5.70. The summed E-state index contributed by atoms with van der Waals surface area (Å²) < 4.78 is 2.11. The number of rotatable bonds is 2. The molecular formula is C17H14N2. The molecule has 2 heteroatoms. The highest BCUT2D eigenvalue weighted by Crippen LogP contribution is 2.24. The Labute approximate surface area is 112 Å². The van der Waals surface area contributed by atoms with Crippen LogP contribution in [0.15, 0.2) is 60.9 Å². The standard InChI is InChI=1S/C17H14N2/c1-13(11-18)14-5-7-15(8-6-14)16-10-17-4-2-3-9-19(17)12-16/h2-10,12-13H,1H3. The maximum absolute atomic E-state index is 8.92. The summed E-state index contributed by atoms with van der Waals surface area (Å²) in [7, 11) is 0. The van der Waals surface area contributed by atoms with Crippen LogP contribution in [0.4, 0.5) is 0 Å². The molecule has 0 aliphatic carbocycles. The predicted octanol–water partition coefficient (Wildman–Crippen LogP) is 4.23. The largest absolute Gasteiger partial charge is 0.323 e. The van der Waals surface area contributed by atoms with Gasteiger partial charge in [-0.25, -0.2) is 0 Å². The summed E-state index contributed by atoms with van der Waals surface area (Å²) >= 11 is 0. The number of benzene rings is 1. The molecule has 92 valence electrons. The molecular weight excluding hydrogens is 232 g/mol. The third-order valence-electron chi connectivity index (χ3n) is 3.44. The Balaban J connectivity index is 2.00. The molecule has 0 aliphatic rings. The van der Waals surface area contributed by atoms with Crippen molar-refractivity contribution in [2.45, 2.75) is 12.8 Å². The van der Waals surface area contributed by atoms with Gasteiger partial charge in [-0.15, -0.1) is 0 Å². The molecule has 0 amide bonds. The van der Waals surface area contributed by atoms with E-state index < -0.39 is 0 Å². The number of nitrogens with zero attached hydrogens (tertiary/aromatic N) is 2. The number of hydrogen-bond donors (Lipinski definition) is 0. The van der Waals surface area contributed by atoms with Crippen LogP contribution in [0.2, 0.25) is 0 Å². The van der Waals surface area contributed by atoms with Crippen LogP contribution in [0.5, 0.6) is 0 Å². The number of aromatic nitrogens is 1. The molecule has 0 saturated carbocycles. The minimum Gasteiger partial charge on any atom is -0.323 e. The van der Waals surface area contributed by atoms with Gasteiger partial charge >= 0.3 is 0 Å². The number of hydrogen-bond acceptors (Lipinski definition) is 1. The molecule has 1 aromatic carbocycles. The van der Waals surface area contributed by atoms with Crippen LogP contribution < -0.4 is 0 Å². The molecule has 19 heavy (non-hydrogen) atoms. The maximum atomic E-state index is 8.92. The van der Waals surface area contributed by atoms with Crippen LogP contribution in [0.1, 0.15) is 18.4 Å². The second-order valence-corrected chi connectivity index (χ2v) is 4.73. The molecule has 2 aromatic heterocycles. The zero-order chi connectivity index (χ0) is 13.2. The number of nitriles is 1. The summed E-state index contributed by atoms with van der Waals surface area (Å²) in [6, 6.07) is 18.8. The lowest BCUT2D eigenvalue weighted by atomic mass is 9.99. The van der Waals surface area contributed by atoms with Crippen LogP contribution in [0.25, 0.3) is 16.6 Å². The fourth-order valence-corrected chi connectivity index (χ4v) is 2.25. The van der Waals surface area contributed by atoms with Gasteiger partial charge in [0.1, 0.15) is 0 Å². The van der Waals surface area contributed by atoms with Crippen molar-refractivity contribution in [2.24, 2.45) is 0 Å². The van der Waals surface area contributed by atoms with Gasteiger partial charge in [-0.1, -0.05) is 30.3 Å². The minimum absolute atomic E-state index is 0.0536. The van der Waals surface area contributed by atoms with Crippen molar-refractivity contribution >= 4 is 5.52 Å². The third kappa shape index (κ3) is 2.11. The zero-order valence-electron chi connectivity index (χ0n) is 10.7. The van der Waals surface area contributed by atoms with Gasteiger partial charge in [0.2, 0.25) is 0 Å². The Morgan fingerprint density at radius 2 is 1.84 bits per heavy atom. The highest BCUT2D eigenvalue weighted by Gasteiger charge is 2.05. The number of pyridine rings is 1. The van der Waals surface area contributed by atoms with Crippen LogP contribution >= 0.6 is 0 Å². The first kappa shape index (κ1) is 11.6. The Kier molecular flexibility index (Phi) is 2.81. The SMILES string of the molecule is CC(C#N)c1ccc(-c2cc3ccccn3c2)cc1. The zero-order valence-corrected chi connectivity index (χ0v) is 10.7. The fraction of sp³-hybridized carbons (Fsp3) is 0.118. The lowest BCUT2D eigenvalue weighted by Gasteiger charge is -2.03. The van der Waals surface area contributed by atoms with Gasteiger partial charge in [0, 0.05) is 23.5 Å². The van der Waals surface area contributed by atoms with E-state index in [1.807, 2.05) is 37.4 Å². The summed E-state index contributed by atoms with van der Waals surface area (Å²) in [4.78, 5) is 0. The lowest BCUT2D eigenvalue weighted by molar-refractivity contribution is 0.982. The second-order valence-electron chi connectivity index (χ2n) is 4.73. The molecule has 0 bridgehead atoms. The lowest BCUT2D eigenvalue weighted by Crippen LogP contribution is -1.88. The molecule has 0 saturated heterocycles. The molecule has 0 radical (unpaired) electrons. The van der Waals surface area contributed by atoms with Crippen LogP contribution in [0.3, 0.4) is 0 Å². The van der Waals surface area contributed by atoms with E-state index >= 15 is 0 Å². The van der Waals surface area contributed by atoms with Crippen molar-refractivity contribution in [1.82, 2.24) is 4.40 Å². The van der Waals surface area contributed by atoms with Crippen molar-refractivity contribution in [3.8, 4) is 17.2 Å². The van der Waals surface area contributed by atoms with Gasteiger partial charge in [-0.3, -0.25) is 0 Å². The number of fused-ring (bicyclic) bond motifs is 1. The Hall–Kier alpha value is -2.53. The Morgan fingerprint density at radius 1 is 1.05 bits per heavy atom. The van der Waals surface area contributed by atoms with Gasteiger partial charge < -0.3 is 4.40 Å². The fourth-order valence-electron chi connectivity index (χ4n) is 2.25. The summed E-state index contributed by atoms with van der Waals surface area (Å²) in [5.74, 6) is -0.0536. The van der Waals surface area contributed by atoms with E-state index in [1.54, 1.807) is 0 Å². The predicted molar refractivity (Wildman–Crippen MR) is 76.9 cm³/mol. The quantitative estimate of drug-likeness (QED) is 0.665. The van der Waals surface area contributed by atoms with E-state index in [1.165, 1.54) is 16.6 Å². The molecule has 0 N–H and O–H groups in total. The normalized spacial score (nSPS) is 12.2. The molecule has 0 spiro atoms. The molecule has 2 nitrogen and oxygen atoms in total. The van der Waals surface area contributed by atoms with E-state index in [0.717, 1.165) is 5.56 Å². The highest BCUT2D eigenvalue weighted by atomic mass is 14.8. The molecule has 3 rings (SSSR count). The van der Waals surface area contributed by atoms with E-state index in [2.05, 4.69) is 40.9 Å². The van der Waals surface area contributed by atoms with Crippen molar-refractivity contribution in [1.29, 1.82) is 5.26 Å². The molecule has 2 heterocycles. The minimum atomic E-state index is -0.0536. The van der Waals surface area contributed by atoms with Gasteiger partial charge in [0.15, 0.2) is 0 Å². The van der Waals surface area contributed by atoms with Gasteiger partial charge in [0.05, 0.1) is 12.0 Å². The Bertz CT molecular complexity index is 712. The first-order valence-electron chi connectivity index (χ1n) is 6.34. The van der Waals surface area contributed by atoms with E-state index in [-0.39, 0.29) is 5.92 Å². The average Bonchev–Trinajstić information content (AvgIpc) is 2.90. The van der Waals surface area contributed by atoms with Crippen molar-refractivity contribution < 1.29 is 0 Å². The van der Waals surface area contributed by atoms with Gasteiger partial charge in [-0.2, -0.15) is 5.26 Å². The second kappa shape index (κ2) is 4.62.